The number of esters is 1. The fourth-order valence-electron chi connectivity index (χ4n) is 1.60. The lowest BCUT2D eigenvalue weighted by Gasteiger charge is -2.09. The van der Waals surface area contributed by atoms with Crippen LogP contribution in [0.4, 0.5) is 0 Å². The summed E-state index contributed by atoms with van der Waals surface area (Å²) in [6, 6.07) is 11.9. The van der Waals surface area contributed by atoms with Crippen LogP contribution in [0.1, 0.15) is 17.3 Å². The molecule has 0 unspecified atom stereocenters. The molecule has 3 nitrogen and oxygen atoms in total. The smallest absolute Gasteiger partial charge is 0.339 e. The van der Waals surface area contributed by atoms with Crippen LogP contribution in [-0.2, 0) is 4.74 Å². The Labute approximate surface area is 126 Å². The molecule has 0 heterocycles. The van der Waals surface area contributed by atoms with Crippen LogP contribution in [0.25, 0.3) is 0 Å². The molecule has 0 amide bonds. The number of hydrogen-bond acceptors (Lipinski definition) is 4. The van der Waals surface area contributed by atoms with Crippen molar-refractivity contribution in [3.8, 4) is 5.75 Å². The van der Waals surface area contributed by atoms with Crippen molar-refractivity contribution in [2.24, 2.45) is 0 Å². The van der Waals surface area contributed by atoms with Crippen molar-refractivity contribution in [3.05, 3.63) is 53.1 Å². The zero-order valence-electron chi connectivity index (χ0n) is 10.8. The molecule has 2 rings (SSSR count). The van der Waals surface area contributed by atoms with Gasteiger partial charge in [0.2, 0.25) is 0 Å². The highest BCUT2D eigenvalue weighted by molar-refractivity contribution is 7.99. The molecule has 0 fully saturated rings. The maximum atomic E-state index is 11.9. The normalized spacial score (nSPS) is 10.3. The maximum Gasteiger partial charge on any atom is 0.339 e. The zero-order chi connectivity index (χ0) is 14.5. The van der Waals surface area contributed by atoms with Crippen LogP contribution >= 0.6 is 23.4 Å². The summed E-state index contributed by atoms with van der Waals surface area (Å²) in [5, 5.41) is 9.76. The average Bonchev–Trinajstić information content (AvgIpc) is 2.43. The van der Waals surface area contributed by atoms with E-state index in [2.05, 4.69) is 0 Å². The predicted molar refractivity (Wildman–Crippen MR) is 79.6 cm³/mol. The van der Waals surface area contributed by atoms with Gasteiger partial charge < -0.3 is 9.84 Å². The Hall–Kier alpha value is -1.65. The van der Waals surface area contributed by atoms with Crippen LogP contribution in [0.2, 0.25) is 5.02 Å². The number of phenols is 1. The van der Waals surface area contributed by atoms with Gasteiger partial charge in [-0.1, -0.05) is 23.4 Å². The Balaban J connectivity index is 2.31. The SMILES string of the molecule is CCOC(=O)c1cc(Cl)ccc1Sc1ccc(O)cc1. The van der Waals surface area contributed by atoms with E-state index in [1.165, 1.54) is 11.8 Å². The van der Waals surface area contributed by atoms with Gasteiger partial charge in [-0.3, -0.25) is 0 Å². The molecule has 0 saturated carbocycles. The molecular formula is C15H13ClO3S. The standard InChI is InChI=1S/C15H13ClO3S/c1-2-19-15(18)13-9-10(16)3-8-14(13)20-12-6-4-11(17)5-7-12/h3-9,17H,2H2,1H3. The third-order valence-electron chi connectivity index (χ3n) is 2.50. The number of carbonyl (C=O) groups is 1. The molecule has 0 saturated heterocycles. The second-order valence-electron chi connectivity index (χ2n) is 3.96. The van der Waals surface area contributed by atoms with Crippen LogP contribution in [0.5, 0.6) is 5.75 Å². The summed E-state index contributed by atoms with van der Waals surface area (Å²) in [5.74, 6) is -0.188. The third-order valence-corrected chi connectivity index (χ3v) is 3.82. The predicted octanol–water partition coefficient (Wildman–Crippen LogP) is 4.37. The van der Waals surface area contributed by atoms with Crippen molar-refractivity contribution in [2.75, 3.05) is 6.61 Å². The van der Waals surface area contributed by atoms with Crippen molar-refractivity contribution < 1.29 is 14.6 Å². The Morgan fingerprint density at radius 1 is 1.25 bits per heavy atom. The first-order valence-electron chi connectivity index (χ1n) is 6.03. The molecule has 20 heavy (non-hydrogen) atoms. The van der Waals surface area contributed by atoms with Crippen molar-refractivity contribution in [1.29, 1.82) is 0 Å². The number of halogens is 1. The number of ether oxygens (including phenoxy) is 1. The second kappa shape index (κ2) is 6.68. The number of hydrogen-bond donors (Lipinski definition) is 1. The van der Waals surface area contributed by atoms with Gasteiger partial charge in [0.05, 0.1) is 12.2 Å². The zero-order valence-corrected chi connectivity index (χ0v) is 12.4. The summed E-state index contributed by atoms with van der Waals surface area (Å²) in [4.78, 5) is 13.6. The molecule has 2 aromatic carbocycles. The largest absolute Gasteiger partial charge is 0.508 e. The van der Waals surface area contributed by atoms with E-state index >= 15 is 0 Å². The van der Waals surface area contributed by atoms with Crippen molar-refractivity contribution in [2.45, 2.75) is 16.7 Å². The molecule has 0 radical (unpaired) electrons. The molecule has 0 aliphatic carbocycles. The monoisotopic (exact) mass is 308 g/mol. The molecule has 0 aromatic heterocycles. The number of benzene rings is 2. The molecule has 2 aromatic rings. The number of phenolic OH excluding ortho intramolecular Hbond substituents is 1. The average molecular weight is 309 g/mol. The van der Waals surface area contributed by atoms with Crippen LogP contribution in [0, 0.1) is 0 Å². The molecule has 0 aliphatic rings. The maximum absolute atomic E-state index is 11.9. The van der Waals surface area contributed by atoms with Gasteiger partial charge in [0, 0.05) is 14.8 Å². The van der Waals surface area contributed by atoms with Gasteiger partial charge >= 0.3 is 5.97 Å². The van der Waals surface area contributed by atoms with E-state index in [1.54, 1.807) is 49.4 Å². The van der Waals surface area contributed by atoms with Crippen LogP contribution in [0.3, 0.4) is 0 Å². The summed E-state index contributed by atoms with van der Waals surface area (Å²) >= 11 is 7.35. The molecule has 0 spiro atoms. The number of carbonyl (C=O) groups excluding carboxylic acids is 1. The highest BCUT2D eigenvalue weighted by atomic mass is 35.5. The summed E-state index contributed by atoms with van der Waals surface area (Å²) < 4.78 is 5.03. The molecule has 0 aliphatic heterocycles. The first-order chi connectivity index (χ1) is 9.60. The lowest BCUT2D eigenvalue weighted by Crippen LogP contribution is -2.06. The fraction of sp³-hybridized carbons (Fsp3) is 0.133. The van der Waals surface area contributed by atoms with Gasteiger partial charge in [-0.25, -0.2) is 4.79 Å². The molecule has 5 heteroatoms. The first-order valence-corrected chi connectivity index (χ1v) is 7.23. The number of rotatable bonds is 4. The molecular weight excluding hydrogens is 296 g/mol. The van der Waals surface area contributed by atoms with Gasteiger partial charge in [-0.15, -0.1) is 0 Å². The van der Waals surface area contributed by atoms with E-state index in [4.69, 9.17) is 16.3 Å². The molecule has 0 atom stereocenters. The van der Waals surface area contributed by atoms with Crippen LogP contribution in [-0.4, -0.2) is 17.7 Å². The van der Waals surface area contributed by atoms with E-state index < -0.39 is 5.97 Å². The number of aromatic hydroxyl groups is 1. The van der Waals surface area contributed by atoms with Crippen molar-refractivity contribution >= 4 is 29.3 Å². The van der Waals surface area contributed by atoms with Gasteiger partial charge in [-0.05, 0) is 49.4 Å². The minimum Gasteiger partial charge on any atom is -0.508 e. The van der Waals surface area contributed by atoms with Gasteiger partial charge in [0.1, 0.15) is 5.75 Å². The third kappa shape index (κ3) is 3.68. The molecule has 0 bridgehead atoms. The summed E-state index contributed by atoms with van der Waals surface area (Å²) in [6.45, 7) is 2.07. The highest BCUT2D eigenvalue weighted by Crippen LogP contribution is 2.33. The van der Waals surface area contributed by atoms with Gasteiger partial charge in [0.25, 0.3) is 0 Å². The quantitative estimate of drug-likeness (QED) is 0.852. The van der Waals surface area contributed by atoms with E-state index in [1.807, 2.05) is 0 Å². The van der Waals surface area contributed by atoms with E-state index in [0.717, 1.165) is 9.79 Å². The molecule has 104 valence electrons. The summed E-state index contributed by atoms with van der Waals surface area (Å²) in [7, 11) is 0. The first kappa shape index (κ1) is 14.8. The minimum absolute atomic E-state index is 0.205. The van der Waals surface area contributed by atoms with Crippen LogP contribution < -0.4 is 0 Å². The van der Waals surface area contributed by atoms with E-state index in [-0.39, 0.29) is 5.75 Å². The minimum atomic E-state index is -0.392. The van der Waals surface area contributed by atoms with Gasteiger partial charge in [0.15, 0.2) is 0 Å². The molecule has 1 N–H and O–H groups in total. The lowest BCUT2D eigenvalue weighted by atomic mass is 10.2. The Bertz CT molecular complexity index is 611. The van der Waals surface area contributed by atoms with Crippen LogP contribution in [0.15, 0.2) is 52.3 Å². The Morgan fingerprint density at radius 3 is 2.60 bits per heavy atom. The van der Waals surface area contributed by atoms with E-state index in [0.29, 0.717) is 17.2 Å². The van der Waals surface area contributed by atoms with Crippen molar-refractivity contribution in [1.82, 2.24) is 0 Å². The van der Waals surface area contributed by atoms with E-state index in [9.17, 15) is 9.90 Å². The topological polar surface area (TPSA) is 46.5 Å². The summed E-state index contributed by atoms with van der Waals surface area (Å²) in [5.41, 5.74) is 0.442. The summed E-state index contributed by atoms with van der Waals surface area (Å²) in [6.07, 6.45) is 0. The second-order valence-corrected chi connectivity index (χ2v) is 5.51. The Morgan fingerprint density at radius 2 is 1.95 bits per heavy atom. The highest BCUT2D eigenvalue weighted by Gasteiger charge is 2.14. The van der Waals surface area contributed by atoms with Gasteiger partial charge in [-0.2, -0.15) is 0 Å². The fourth-order valence-corrected chi connectivity index (χ4v) is 2.69. The lowest BCUT2D eigenvalue weighted by molar-refractivity contribution is 0.0522. The Kier molecular flexibility index (Phi) is 4.93. The van der Waals surface area contributed by atoms with Crippen molar-refractivity contribution in [3.63, 3.8) is 0 Å².